The molecule has 0 spiro atoms. The maximum absolute atomic E-state index is 5.34. The van der Waals surface area contributed by atoms with Crippen molar-refractivity contribution in [3.63, 3.8) is 0 Å². The van der Waals surface area contributed by atoms with Gasteiger partial charge in [0.1, 0.15) is 0 Å². The molecule has 4 aromatic carbocycles. The summed E-state index contributed by atoms with van der Waals surface area (Å²) in [5, 5.41) is 0. The van der Waals surface area contributed by atoms with Gasteiger partial charge in [0.15, 0.2) is 0 Å². The standard InChI is InChI=1S/C46H32N4.Cu/c1-29-13-17-33(18-14-29)45-39-25-21-35(47-39)43(31-9-5-3-6-10-31)37-23-27-41(49-37)46(34-19-15-30(2)16-20-34)42-28-24-38(50-42)44(32-11-7-4-8-12-32)36-22-26-40(45)48-36;/h3-28H,1-2H3;/q-2;+2. The maximum Gasteiger partial charge on any atom is 2.00 e. The molecule has 0 amide bonds. The van der Waals surface area contributed by atoms with Crippen molar-refractivity contribution in [3.05, 3.63) is 167 Å². The molecule has 3 aromatic heterocycles. The fourth-order valence-electron chi connectivity index (χ4n) is 6.92. The molecule has 247 valence electrons. The van der Waals surface area contributed by atoms with Crippen LogP contribution in [0.1, 0.15) is 33.9 Å². The largest absolute Gasteiger partial charge is 2.00 e. The zero-order valence-electron chi connectivity index (χ0n) is 28.1. The Morgan fingerprint density at radius 1 is 0.333 bits per heavy atom. The molecule has 0 aliphatic carbocycles. The van der Waals surface area contributed by atoms with Crippen LogP contribution in [0.25, 0.3) is 90.9 Å². The van der Waals surface area contributed by atoms with Crippen molar-refractivity contribution >= 4 is 46.4 Å². The van der Waals surface area contributed by atoms with Gasteiger partial charge in [0, 0.05) is 0 Å². The van der Waals surface area contributed by atoms with E-state index in [1.165, 1.54) is 11.1 Å². The second kappa shape index (κ2) is 13.4. The molecule has 9 rings (SSSR count). The Bertz CT molecular complexity index is 2440. The Morgan fingerprint density at radius 2 is 0.608 bits per heavy atom. The zero-order chi connectivity index (χ0) is 33.6. The van der Waals surface area contributed by atoms with E-state index in [0.717, 1.165) is 89.4 Å². The first-order chi connectivity index (χ1) is 24.6. The molecule has 2 aliphatic heterocycles. The van der Waals surface area contributed by atoms with E-state index >= 15 is 0 Å². The second-order valence-corrected chi connectivity index (χ2v) is 12.8. The van der Waals surface area contributed by atoms with Crippen molar-refractivity contribution < 1.29 is 17.1 Å². The van der Waals surface area contributed by atoms with Crippen molar-refractivity contribution in [2.24, 2.45) is 0 Å². The number of benzene rings is 4. The Labute approximate surface area is 307 Å². The molecular formula is C46H32CuN4. The van der Waals surface area contributed by atoms with Gasteiger partial charge in [-0.25, -0.2) is 9.97 Å². The van der Waals surface area contributed by atoms with Gasteiger partial charge in [0.25, 0.3) is 0 Å². The first kappa shape index (κ1) is 32.2. The van der Waals surface area contributed by atoms with E-state index in [1.54, 1.807) is 0 Å². The van der Waals surface area contributed by atoms with E-state index in [2.05, 4.69) is 159 Å². The molecule has 7 aromatic rings. The molecule has 0 atom stereocenters. The zero-order valence-corrected chi connectivity index (χ0v) is 29.0. The van der Waals surface area contributed by atoms with Gasteiger partial charge in [-0.05, 0) is 82.7 Å². The predicted molar refractivity (Wildman–Crippen MR) is 208 cm³/mol. The number of rotatable bonds is 4. The number of hydrogen-bond acceptors (Lipinski definition) is 2. The molecule has 5 heteroatoms. The fraction of sp³-hybridized carbons (Fsp3) is 0.0435. The van der Waals surface area contributed by atoms with E-state index in [4.69, 9.17) is 19.9 Å². The third kappa shape index (κ3) is 5.97. The van der Waals surface area contributed by atoms with Gasteiger partial charge in [-0.1, -0.05) is 145 Å². The summed E-state index contributed by atoms with van der Waals surface area (Å²) in [4.78, 5) is 21.4. The van der Waals surface area contributed by atoms with Crippen LogP contribution < -0.4 is 9.97 Å². The SMILES string of the molecule is Cc1ccc(-c2c3nc(c(-c4ccccc4)c4ccc([n-]4)c(-c4ccc(C)cc4)c4nc(c(-c5ccccc5)c5ccc2[n-]5)C=C4)C=C3)cc1.[Cu+2]. The van der Waals surface area contributed by atoms with Gasteiger partial charge in [-0.3, -0.25) is 0 Å². The molecule has 1 radical (unpaired) electrons. The van der Waals surface area contributed by atoms with E-state index < -0.39 is 0 Å². The summed E-state index contributed by atoms with van der Waals surface area (Å²) in [6.07, 6.45) is 8.44. The van der Waals surface area contributed by atoms with Crippen molar-refractivity contribution in [2.75, 3.05) is 0 Å². The Balaban J connectivity index is 0.00000374. The number of hydrogen-bond donors (Lipinski definition) is 0. The minimum atomic E-state index is 0. The average molecular weight is 704 g/mol. The van der Waals surface area contributed by atoms with Crippen molar-refractivity contribution in [1.29, 1.82) is 0 Å². The van der Waals surface area contributed by atoms with Gasteiger partial charge in [0.2, 0.25) is 0 Å². The summed E-state index contributed by atoms with van der Waals surface area (Å²) < 4.78 is 0. The molecule has 5 heterocycles. The monoisotopic (exact) mass is 703 g/mol. The normalized spacial score (nSPS) is 11.8. The van der Waals surface area contributed by atoms with Crippen LogP contribution in [0.5, 0.6) is 0 Å². The van der Waals surface area contributed by atoms with Gasteiger partial charge in [-0.2, -0.15) is 0 Å². The molecule has 8 bridgehead atoms. The maximum atomic E-state index is 5.34. The number of aryl methyl sites for hydroxylation is 2. The average Bonchev–Trinajstić information content (AvgIpc) is 3.98. The van der Waals surface area contributed by atoms with Crippen molar-refractivity contribution in [3.8, 4) is 44.5 Å². The van der Waals surface area contributed by atoms with Gasteiger partial charge in [-0.15, -0.1) is 22.1 Å². The molecule has 0 unspecified atom stereocenters. The van der Waals surface area contributed by atoms with Crippen LogP contribution in [0.4, 0.5) is 0 Å². The molecular weight excluding hydrogens is 672 g/mol. The van der Waals surface area contributed by atoms with E-state index in [1.807, 2.05) is 12.1 Å². The van der Waals surface area contributed by atoms with Crippen LogP contribution in [-0.2, 0) is 17.1 Å². The quantitative estimate of drug-likeness (QED) is 0.171. The first-order valence-corrected chi connectivity index (χ1v) is 16.9. The Hall–Kier alpha value is -6.00. The number of fused-ring (bicyclic) bond motifs is 8. The molecule has 0 N–H and O–H groups in total. The Kier molecular flexibility index (Phi) is 8.45. The third-order valence-corrected chi connectivity index (χ3v) is 9.41. The molecule has 2 aliphatic rings. The number of nitrogens with zero attached hydrogens (tertiary/aromatic N) is 4. The van der Waals surface area contributed by atoms with Crippen LogP contribution in [0.2, 0.25) is 0 Å². The van der Waals surface area contributed by atoms with Gasteiger partial charge < -0.3 is 9.97 Å². The van der Waals surface area contributed by atoms with Crippen LogP contribution >= 0.6 is 0 Å². The molecule has 51 heavy (non-hydrogen) atoms. The smallest absolute Gasteiger partial charge is 0.657 e. The minimum absolute atomic E-state index is 0. The van der Waals surface area contributed by atoms with Crippen LogP contribution in [0.15, 0.2) is 133 Å². The summed E-state index contributed by atoms with van der Waals surface area (Å²) in [7, 11) is 0. The molecule has 0 fully saturated rings. The predicted octanol–water partition coefficient (Wildman–Crippen LogP) is 11.2. The summed E-state index contributed by atoms with van der Waals surface area (Å²) >= 11 is 0. The van der Waals surface area contributed by atoms with Crippen LogP contribution in [0.3, 0.4) is 0 Å². The summed E-state index contributed by atoms with van der Waals surface area (Å²) in [6, 6.07) is 46.5. The molecule has 0 saturated carbocycles. The number of aromatic nitrogens is 4. The fourth-order valence-corrected chi connectivity index (χ4v) is 6.92. The summed E-state index contributed by atoms with van der Waals surface area (Å²) in [6.45, 7) is 4.22. The topological polar surface area (TPSA) is 54.0 Å². The van der Waals surface area contributed by atoms with E-state index in [-0.39, 0.29) is 17.1 Å². The van der Waals surface area contributed by atoms with Crippen molar-refractivity contribution in [1.82, 2.24) is 19.9 Å². The molecule has 0 saturated heterocycles. The van der Waals surface area contributed by atoms with E-state index in [0.29, 0.717) is 0 Å². The van der Waals surface area contributed by atoms with Crippen molar-refractivity contribution in [2.45, 2.75) is 13.8 Å². The minimum Gasteiger partial charge on any atom is -0.657 e. The second-order valence-electron chi connectivity index (χ2n) is 12.8. The van der Waals surface area contributed by atoms with Gasteiger partial charge >= 0.3 is 17.1 Å². The van der Waals surface area contributed by atoms with E-state index in [9.17, 15) is 0 Å². The summed E-state index contributed by atoms with van der Waals surface area (Å²) in [5.74, 6) is 0. The first-order valence-electron chi connectivity index (χ1n) is 16.9. The molecule has 4 nitrogen and oxygen atoms in total. The Morgan fingerprint density at radius 3 is 0.902 bits per heavy atom. The third-order valence-electron chi connectivity index (χ3n) is 9.41. The summed E-state index contributed by atoms with van der Waals surface area (Å²) in [5.41, 5.74) is 17.5. The van der Waals surface area contributed by atoms with Gasteiger partial charge in [0.05, 0.1) is 22.8 Å². The van der Waals surface area contributed by atoms with Crippen LogP contribution in [0, 0.1) is 13.8 Å². The van der Waals surface area contributed by atoms with Crippen LogP contribution in [-0.4, -0.2) is 9.97 Å².